The predicted octanol–water partition coefficient (Wildman–Crippen LogP) is 3.77. The highest BCUT2D eigenvalue weighted by molar-refractivity contribution is 14.0. The quantitative estimate of drug-likeness (QED) is 0.210. The van der Waals surface area contributed by atoms with Gasteiger partial charge in [-0.15, -0.1) is 24.0 Å². The van der Waals surface area contributed by atoms with Crippen molar-refractivity contribution in [2.24, 2.45) is 10.9 Å². The Kier molecular flexibility index (Phi) is 11.2. The van der Waals surface area contributed by atoms with E-state index in [1.807, 2.05) is 0 Å². The van der Waals surface area contributed by atoms with Gasteiger partial charge < -0.3 is 15.4 Å². The standard InChI is InChI=1S/C22H36N4O.HI/c1-2-23-22(24-12-5-15-27-18-21-10-11-21)25-16-19-6-8-20(9-7-19)17-26-13-3-4-14-26;/h6-9,21H,2-5,10-18H2,1H3,(H2,23,24,25);1H. The van der Waals surface area contributed by atoms with E-state index in [2.05, 4.69) is 46.7 Å². The number of hydrogen-bond acceptors (Lipinski definition) is 3. The second-order valence-corrected chi connectivity index (χ2v) is 7.79. The first-order chi connectivity index (χ1) is 13.3. The first kappa shape index (κ1) is 23.4. The molecule has 0 unspecified atom stereocenters. The lowest BCUT2D eigenvalue weighted by Gasteiger charge is -2.14. The van der Waals surface area contributed by atoms with Crippen molar-refractivity contribution >= 4 is 29.9 Å². The number of ether oxygens (including phenoxy) is 1. The molecule has 0 spiro atoms. The molecule has 1 aliphatic heterocycles. The van der Waals surface area contributed by atoms with Crippen LogP contribution in [0.4, 0.5) is 0 Å². The molecule has 1 saturated carbocycles. The Hall–Kier alpha value is -0.860. The monoisotopic (exact) mass is 500 g/mol. The van der Waals surface area contributed by atoms with E-state index in [4.69, 9.17) is 9.73 Å². The van der Waals surface area contributed by atoms with Gasteiger partial charge in [-0.25, -0.2) is 4.99 Å². The number of guanidine groups is 1. The summed E-state index contributed by atoms with van der Waals surface area (Å²) in [6.45, 7) is 9.93. The van der Waals surface area contributed by atoms with E-state index in [0.29, 0.717) is 6.54 Å². The molecule has 1 heterocycles. The summed E-state index contributed by atoms with van der Waals surface area (Å²) in [5, 5.41) is 6.73. The number of hydrogen-bond donors (Lipinski definition) is 2. The third kappa shape index (κ3) is 9.09. The number of nitrogens with zero attached hydrogens (tertiary/aromatic N) is 2. The lowest BCUT2D eigenvalue weighted by atomic mass is 10.1. The van der Waals surface area contributed by atoms with Gasteiger partial charge in [0.05, 0.1) is 6.54 Å². The summed E-state index contributed by atoms with van der Waals surface area (Å²) in [5.74, 6) is 1.74. The molecule has 158 valence electrons. The van der Waals surface area contributed by atoms with Gasteiger partial charge in [0, 0.05) is 32.8 Å². The Morgan fingerprint density at radius 2 is 1.82 bits per heavy atom. The highest BCUT2D eigenvalue weighted by Gasteiger charge is 2.20. The molecule has 2 aliphatic rings. The van der Waals surface area contributed by atoms with E-state index >= 15 is 0 Å². The van der Waals surface area contributed by atoms with Crippen molar-refractivity contribution in [3.8, 4) is 0 Å². The topological polar surface area (TPSA) is 48.9 Å². The molecule has 28 heavy (non-hydrogen) atoms. The van der Waals surface area contributed by atoms with E-state index in [0.717, 1.165) is 51.1 Å². The Balaban J connectivity index is 0.00000280. The summed E-state index contributed by atoms with van der Waals surface area (Å²) >= 11 is 0. The van der Waals surface area contributed by atoms with Crippen LogP contribution in [0.5, 0.6) is 0 Å². The average molecular weight is 500 g/mol. The Morgan fingerprint density at radius 1 is 1.11 bits per heavy atom. The van der Waals surface area contributed by atoms with Gasteiger partial charge in [-0.2, -0.15) is 0 Å². The number of likely N-dealkylation sites (tertiary alicyclic amines) is 1. The zero-order valence-electron chi connectivity index (χ0n) is 17.3. The van der Waals surface area contributed by atoms with Crippen molar-refractivity contribution in [1.82, 2.24) is 15.5 Å². The maximum Gasteiger partial charge on any atom is 0.191 e. The number of nitrogens with one attached hydrogen (secondary N) is 2. The zero-order chi connectivity index (χ0) is 18.7. The van der Waals surface area contributed by atoms with Gasteiger partial charge in [0.2, 0.25) is 0 Å². The average Bonchev–Trinajstić information content (AvgIpc) is 3.37. The summed E-state index contributed by atoms with van der Waals surface area (Å²) in [6.07, 6.45) is 6.42. The first-order valence-electron chi connectivity index (χ1n) is 10.7. The minimum Gasteiger partial charge on any atom is -0.381 e. The molecule has 1 saturated heterocycles. The van der Waals surface area contributed by atoms with Gasteiger partial charge in [0.25, 0.3) is 0 Å². The van der Waals surface area contributed by atoms with Crippen LogP contribution in [0.15, 0.2) is 29.3 Å². The first-order valence-corrected chi connectivity index (χ1v) is 10.7. The normalized spacial score (nSPS) is 17.4. The molecule has 6 heteroatoms. The van der Waals surface area contributed by atoms with Crippen LogP contribution < -0.4 is 10.6 Å². The van der Waals surface area contributed by atoms with Crippen molar-refractivity contribution in [2.75, 3.05) is 39.4 Å². The third-order valence-electron chi connectivity index (χ3n) is 5.20. The smallest absolute Gasteiger partial charge is 0.191 e. The van der Waals surface area contributed by atoms with E-state index in [1.165, 1.54) is 49.9 Å². The van der Waals surface area contributed by atoms with Crippen LogP contribution in [-0.4, -0.2) is 50.3 Å². The largest absolute Gasteiger partial charge is 0.381 e. The summed E-state index contributed by atoms with van der Waals surface area (Å²) in [7, 11) is 0. The molecule has 0 atom stereocenters. The van der Waals surface area contributed by atoms with Crippen molar-refractivity contribution in [3.63, 3.8) is 0 Å². The lowest BCUT2D eigenvalue weighted by molar-refractivity contribution is 0.123. The SMILES string of the molecule is CCNC(=NCc1ccc(CN2CCCC2)cc1)NCCCOCC1CC1.I. The molecule has 1 aliphatic carbocycles. The van der Waals surface area contributed by atoms with E-state index in [9.17, 15) is 0 Å². The summed E-state index contributed by atoms with van der Waals surface area (Å²) in [5.41, 5.74) is 2.66. The maximum atomic E-state index is 5.68. The predicted molar refractivity (Wildman–Crippen MR) is 127 cm³/mol. The molecular formula is C22H37IN4O. The zero-order valence-corrected chi connectivity index (χ0v) is 19.6. The minimum absolute atomic E-state index is 0. The van der Waals surface area contributed by atoms with Crippen molar-refractivity contribution < 1.29 is 4.74 Å². The molecule has 2 N–H and O–H groups in total. The van der Waals surface area contributed by atoms with Crippen molar-refractivity contribution in [3.05, 3.63) is 35.4 Å². The number of rotatable bonds is 11. The molecular weight excluding hydrogens is 463 g/mol. The highest BCUT2D eigenvalue weighted by Crippen LogP contribution is 2.28. The molecule has 3 rings (SSSR count). The van der Waals surface area contributed by atoms with Crippen LogP contribution in [0.3, 0.4) is 0 Å². The number of halogens is 1. The van der Waals surface area contributed by atoms with E-state index < -0.39 is 0 Å². The summed E-state index contributed by atoms with van der Waals surface area (Å²) in [6, 6.07) is 8.93. The summed E-state index contributed by atoms with van der Waals surface area (Å²) < 4.78 is 5.68. The van der Waals surface area contributed by atoms with Crippen LogP contribution in [0, 0.1) is 5.92 Å². The fourth-order valence-corrected chi connectivity index (χ4v) is 3.38. The molecule has 0 aromatic heterocycles. The van der Waals surface area contributed by atoms with Crippen LogP contribution in [0.1, 0.15) is 50.2 Å². The second kappa shape index (κ2) is 13.4. The van der Waals surface area contributed by atoms with Crippen LogP contribution in [-0.2, 0) is 17.8 Å². The molecule has 0 radical (unpaired) electrons. The molecule has 5 nitrogen and oxygen atoms in total. The minimum atomic E-state index is 0. The molecule has 2 fully saturated rings. The van der Waals surface area contributed by atoms with E-state index in [-0.39, 0.29) is 24.0 Å². The van der Waals surface area contributed by atoms with Crippen LogP contribution in [0.2, 0.25) is 0 Å². The Morgan fingerprint density at radius 3 is 2.50 bits per heavy atom. The Labute approximate surface area is 187 Å². The lowest BCUT2D eigenvalue weighted by Crippen LogP contribution is -2.38. The third-order valence-corrected chi connectivity index (χ3v) is 5.20. The Bertz CT molecular complexity index is 568. The van der Waals surface area contributed by atoms with Gasteiger partial charge in [-0.1, -0.05) is 24.3 Å². The molecule has 1 aromatic rings. The second-order valence-electron chi connectivity index (χ2n) is 7.79. The van der Waals surface area contributed by atoms with Gasteiger partial charge in [-0.05, 0) is 69.2 Å². The van der Waals surface area contributed by atoms with Crippen molar-refractivity contribution in [2.45, 2.75) is 52.1 Å². The fraction of sp³-hybridized carbons (Fsp3) is 0.682. The molecule has 1 aromatic carbocycles. The summed E-state index contributed by atoms with van der Waals surface area (Å²) in [4.78, 5) is 7.25. The molecule has 0 amide bonds. The van der Waals surface area contributed by atoms with E-state index in [1.54, 1.807) is 0 Å². The van der Waals surface area contributed by atoms with Crippen LogP contribution >= 0.6 is 24.0 Å². The number of aliphatic imine (C=N–C) groups is 1. The number of benzene rings is 1. The van der Waals surface area contributed by atoms with Gasteiger partial charge in [-0.3, -0.25) is 4.90 Å². The maximum absolute atomic E-state index is 5.68. The van der Waals surface area contributed by atoms with Gasteiger partial charge in [0.1, 0.15) is 0 Å². The van der Waals surface area contributed by atoms with Gasteiger partial charge >= 0.3 is 0 Å². The van der Waals surface area contributed by atoms with Crippen LogP contribution in [0.25, 0.3) is 0 Å². The van der Waals surface area contributed by atoms with Crippen molar-refractivity contribution in [1.29, 1.82) is 0 Å². The fourth-order valence-electron chi connectivity index (χ4n) is 3.38. The van der Waals surface area contributed by atoms with Gasteiger partial charge in [0.15, 0.2) is 5.96 Å². The molecule has 0 bridgehead atoms. The highest BCUT2D eigenvalue weighted by atomic mass is 127.